The van der Waals surface area contributed by atoms with Crippen molar-refractivity contribution in [3.8, 4) is 17.2 Å². The third kappa shape index (κ3) is 16.7. The summed E-state index contributed by atoms with van der Waals surface area (Å²) >= 11 is 3.45. The fourth-order valence-electron chi connectivity index (χ4n) is 13.0. The van der Waals surface area contributed by atoms with Crippen molar-refractivity contribution in [3.63, 3.8) is 0 Å². The van der Waals surface area contributed by atoms with Gasteiger partial charge in [0.05, 0.1) is 136 Å². The highest BCUT2D eigenvalue weighted by Gasteiger charge is 2.64. The molecule has 0 spiro atoms. The summed E-state index contributed by atoms with van der Waals surface area (Å²) < 4.78 is 52.1. The minimum Gasteiger partial charge on any atom is -0.507 e. The van der Waals surface area contributed by atoms with E-state index in [-0.39, 0.29) is 112 Å². The Morgan fingerprint density at radius 1 is 0.790 bits per heavy atom. The van der Waals surface area contributed by atoms with Crippen LogP contribution in [0.4, 0.5) is 0 Å². The Morgan fingerprint density at radius 3 is 2.14 bits per heavy atom. The van der Waals surface area contributed by atoms with Crippen molar-refractivity contribution in [3.05, 3.63) is 133 Å². The number of fused-ring (bicyclic) bond motifs is 6. The number of nitrogens with two attached hydrogens (primary N) is 1. The fraction of sp³-hybridized carbons (Fsp3) is 0.478. The molecule has 1 unspecified atom stereocenters. The molecule has 4 heterocycles. The van der Waals surface area contributed by atoms with Crippen molar-refractivity contribution >= 4 is 81.6 Å². The number of ether oxygens (including phenoxy) is 9. The molecule has 11 rings (SSSR count). The first-order valence-corrected chi connectivity index (χ1v) is 34.9. The minimum absolute atomic E-state index is 0.0604. The molecule has 100 heavy (non-hydrogen) atoms. The second kappa shape index (κ2) is 33.1. The van der Waals surface area contributed by atoms with Crippen LogP contribution in [0.3, 0.4) is 0 Å². The number of methoxy groups -OCH3 is 2. The number of carbonyl (C=O) groups excluding carboxylic acids is 8. The largest absolute Gasteiger partial charge is 0.507 e. The number of morpholine rings is 1. The summed E-state index contributed by atoms with van der Waals surface area (Å²) in [6.45, 7) is 5.63. The third-order valence-corrected chi connectivity index (χ3v) is 20.5. The lowest BCUT2D eigenvalue weighted by molar-refractivity contribution is -0.264. The number of aromatic nitrogens is 2. The maximum atomic E-state index is 14.3. The summed E-state index contributed by atoms with van der Waals surface area (Å²) in [7, 11) is 2.87. The molecule has 6 amide bonds. The number of allylic oxidation sites excluding steroid dienone is 6. The average molecular weight is 1420 g/mol. The van der Waals surface area contributed by atoms with Crippen LogP contribution in [-0.2, 0) is 79.8 Å². The van der Waals surface area contributed by atoms with Gasteiger partial charge in [-0.05, 0) is 63.1 Å². The lowest BCUT2D eigenvalue weighted by atomic mass is 9.74. The number of hydrogen-bond donors (Lipinski definition) is 9. The predicted octanol–water partition coefficient (Wildman–Crippen LogP) is 3.03. The topological polar surface area (TPSA) is 396 Å². The molecule has 534 valence electrons. The molecule has 31 heteroatoms. The molecule has 3 aliphatic heterocycles. The smallest absolute Gasteiger partial charge is 0.260 e. The first kappa shape index (κ1) is 73.1. The molecule has 7 aliphatic rings. The number of ketones is 2. The summed E-state index contributed by atoms with van der Waals surface area (Å²) in [6.07, 6.45) is 7.37. The van der Waals surface area contributed by atoms with E-state index in [1.807, 2.05) is 30.4 Å². The van der Waals surface area contributed by atoms with Crippen LogP contribution >= 0.6 is 23.5 Å². The van der Waals surface area contributed by atoms with Crippen molar-refractivity contribution in [2.45, 2.75) is 118 Å². The first-order chi connectivity index (χ1) is 48.3. The zero-order valence-corrected chi connectivity index (χ0v) is 57.2. The van der Waals surface area contributed by atoms with Gasteiger partial charge in [0, 0.05) is 95.0 Å². The van der Waals surface area contributed by atoms with E-state index in [0.717, 1.165) is 16.9 Å². The van der Waals surface area contributed by atoms with E-state index in [9.17, 15) is 53.7 Å². The van der Waals surface area contributed by atoms with Gasteiger partial charge in [0.25, 0.3) is 11.8 Å². The van der Waals surface area contributed by atoms with Crippen molar-refractivity contribution in [1.82, 2.24) is 41.7 Å². The molecule has 10 N–H and O–H groups in total. The maximum Gasteiger partial charge on any atom is 0.260 e. The van der Waals surface area contributed by atoms with Crippen LogP contribution in [0.2, 0.25) is 0 Å². The Hall–Kier alpha value is -8.18. The van der Waals surface area contributed by atoms with Crippen LogP contribution in [0, 0.1) is 5.92 Å². The highest BCUT2D eigenvalue weighted by molar-refractivity contribution is 8.06. The molecular weight excluding hydrogens is 1340 g/mol. The van der Waals surface area contributed by atoms with Gasteiger partial charge in [-0.2, -0.15) is 0 Å². The second-order valence-corrected chi connectivity index (χ2v) is 26.7. The second-order valence-electron chi connectivity index (χ2n) is 24.7. The van der Waals surface area contributed by atoms with Gasteiger partial charge < -0.3 is 79.6 Å². The number of primary amides is 1. The van der Waals surface area contributed by atoms with Crippen molar-refractivity contribution in [2.75, 3.05) is 86.8 Å². The highest BCUT2D eigenvalue weighted by Crippen LogP contribution is 2.53. The van der Waals surface area contributed by atoms with Gasteiger partial charge in [-0.15, -0.1) is 23.5 Å². The quantitative estimate of drug-likeness (QED) is 0.0197. The average Bonchev–Trinajstić information content (AvgIpc) is 1.05. The molecule has 3 fully saturated rings. The highest BCUT2D eigenvalue weighted by atomic mass is 32.2. The van der Waals surface area contributed by atoms with Crippen molar-refractivity contribution in [1.29, 1.82) is 0 Å². The van der Waals surface area contributed by atoms with Gasteiger partial charge in [0.2, 0.25) is 29.4 Å². The van der Waals surface area contributed by atoms with Gasteiger partial charge in [-0.25, -0.2) is 9.97 Å². The Morgan fingerprint density at radius 2 is 1.46 bits per heavy atom. The number of rotatable bonds is 28. The first-order valence-electron chi connectivity index (χ1n) is 33.0. The molecule has 2 saturated heterocycles. The van der Waals surface area contributed by atoms with E-state index in [4.69, 9.17) is 58.3 Å². The van der Waals surface area contributed by atoms with Crippen molar-refractivity contribution in [2.24, 2.45) is 11.7 Å². The SMILES string of the molecule is COc1cccc2c1C(=O)c1c(O)c3c(c(O)c1C2=O)CC(C(=O)NNC(=O)[C@H](C)NC(=O)[C@H](CC(N)=O)NC(=O)CCOCCOCCOCCOCCNC(=O)c1ccc2nc4c(nc2c1)CSC1=C(/C=C\C=C\C=C1)SC4)C[C@@H]3O[C@H]1C[C@H](N2CCO[C@@]3(OC)C[C@@H]23)[C@H](O)[C@H](C)O1. The Balaban J connectivity index is 0.591. The molecule has 1 saturated carbocycles. The van der Waals surface area contributed by atoms with E-state index in [1.54, 1.807) is 49.7 Å². The summed E-state index contributed by atoms with van der Waals surface area (Å²) in [5.41, 5.74) is 12.4. The molecule has 4 aliphatic carbocycles. The van der Waals surface area contributed by atoms with Gasteiger partial charge in [-0.1, -0.05) is 36.4 Å². The minimum atomic E-state index is -1.50. The van der Waals surface area contributed by atoms with E-state index in [0.29, 0.717) is 55.4 Å². The summed E-state index contributed by atoms with van der Waals surface area (Å²) in [4.78, 5) is 122. The number of carbonyl (C=O) groups is 8. The number of phenolic OH excluding ortho intramolecular Hbond substituents is 2. The molecule has 10 atom stereocenters. The number of aromatic hydroxyl groups is 2. The number of hydrazine groups is 1. The maximum absolute atomic E-state index is 14.3. The van der Waals surface area contributed by atoms with Gasteiger partial charge in [-0.3, -0.25) is 54.1 Å². The van der Waals surface area contributed by atoms with Gasteiger partial charge in [0.15, 0.2) is 17.9 Å². The summed E-state index contributed by atoms with van der Waals surface area (Å²) in [5.74, 6) is -8.06. The lowest BCUT2D eigenvalue weighted by Crippen LogP contribution is -2.59. The zero-order valence-electron chi connectivity index (χ0n) is 55.6. The molecule has 4 aromatic rings. The predicted molar refractivity (Wildman–Crippen MR) is 361 cm³/mol. The number of aliphatic hydroxyl groups excluding tert-OH is 1. The molecular formula is C69H81N9O20S2. The number of hydrogen-bond acceptors (Lipinski definition) is 25. The fourth-order valence-corrected chi connectivity index (χ4v) is 15.2. The van der Waals surface area contributed by atoms with E-state index >= 15 is 0 Å². The van der Waals surface area contributed by atoms with Crippen molar-refractivity contribution < 1.29 is 96.3 Å². The number of nitrogens with zero attached hydrogens (tertiary/aromatic N) is 3. The van der Waals surface area contributed by atoms with Crippen LogP contribution in [0.15, 0.2) is 82.7 Å². The van der Waals surface area contributed by atoms with Crippen LogP contribution in [0.5, 0.6) is 17.2 Å². The van der Waals surface area contributed by atoms with E-state index in [1.165, 1.54) is 42.0 Å². The molecule has 3 aromatic carbocycles. The number of thioether (sulfide) groups is 2. The van der Waals surface area contributed by atoms with Crippen LogP contribution < -0.4 is 37.3 Å². The molecule has 29 nitrogen and oxygen atoms in total. The number of benzene rings is 3. The lowest BCUT2D eigenvalue weighted by Gasteiger charge is -2.46. The Kier molecular flexibility index (Phi) is 24.2. The van der Waals surface area contributed by atoms with Gasteiger partial charge >= 0.3 is 0 Å². The van der Waals surface area contributed by atoms with Gasteiger partial charge in [0.1, 0.15) is 29.3 Å². The van der Waals surface area contributed by atoms with E-state index < -0.39 is 125 Å². The monoisotopic (exact) mass is 1420 g/mol. The zero-order chi connectivity index (χ0) is 70.8. The van der Waals surface area contributed by atoms with E-state index in [2.05, 4.69) is 43.9 Å². The Labute approximate surface area is 584 Å². The van der Waals surface area contributed by atoms with Crippen LogP contribution in [0.25, 0.3) is 11.0 Å². The molecule has 0 radical (unpaired) electrons. The normalized spacial score (nSPS) is 24.1. The summed E-state index contributed by atoms with van der Waals surface area (Å²) in [5, 5.41) is 43.5. The Bertz CT molecular complexity index is 3940. The standard InChI is InChI=1S/C69H81N9O20S2/c1-36(72-68(89)44(31-53(70)79)75-54(80)16-19-92-22-24-94-26-27-95-25-23-93-20-17-71-66(87)38-14-15-42-43(29-38)74-46-35-100-51-13-8-6-5-7-12-50(51)99-34-45(46)73-42)65(86)76-77-67(88)39-28-41-57(64(85)59-58(62(41)83)61(82)40-10-9-11-48(90-3)56(40)63(59)84)49(30-39)98-55-32-47(60(81)37(2)97-55)78-18-21-96-69(91-4)33-52(69)78/h5-15,29,36-37,39,44,47,49,52,55,60,81,83,85H,16-28,30-35H2,1-4H3,(H2,70,79)(H,71,87)(H,72,89)(H,75,80)(H,76,86)(H,77,88)/b6-5+,7-5?,8-6?,12-7-,13-8?,50-12?,51-13?,51-50?/t36-,37-,39?,44-,47-,49-,52+,55-,60+,69-/m0/s1. The number of aliphatic hydroxyl groups is 1. The number of nitrogens with one attached hydrogen (secondary N) is 5. The van der Waals surface area contributed by atoms with Crippen LogP contribution in [-0.4, -0.2) is 212 Å². The van der Waals surface area contributed by atoms with Crippen LogP contribution in [0.1, 0.15) is 117 Å². The summed E-state index contributed by atoms with van der Waals surface area (Å²) in [6, 6.07) is 6.11. The molecule has 0 bridgehead atoms. The third-order valence-electron chi connectivity index (χ3n) is 18.2. The number of amides is 6. The molecule has 1 aromatic heterocycles. The number of phenols is 2.